The molecular weight excluding hydrogens is 265 g/mol. The third-order valence-corrected chi connectivity index (χ3v) is 3.91. The van der Waals surface area contributed by atoms with Crippen molar-refractivity contribution in [2.24, 2.45) is 11.8 Å². The first-order valence-corrected chi connectivity index (χ1v) is 6.17. The Kier molecular flexibility index (Phi) is 3.11. The van der Waals surface area contributed by atoms with E-state index in [-0.39, 0.29) is 30.9 Å². The van der Waals surface area contributed by atoms with Crippen LogP contribution >= 0.6 is 0 Å². The molecular formula is C12H14FN5O2. The fraction of sp³-hybridized carbons (Fsp3) is 0.417. The molecule has 0 aromatic carbocycles. The van der Waals surface area contributed by atoms with Gasteiger partial charge in [0, 0.05) is 18.4 Å². The maximum Gasteiger partial charge on any atom is 0.165 e. The summed E-state index contributed by atoms with van der Waals surface area (Å²) in [6, 6.07) is -0.415. The van der Waals surface area contributed by atoms with Crippen LogP contribution in [0, 0.1) is 11.8 Å². The van der Waals surface area contributed by atoms with Gasteiger partial charge < -0.3 is 20.5 Å². The Labute approximate surface area is 113 Å². The summed E-state index contributed by atoms with van der Waals surface area (Å²) in [5.41, 5.74) is 7.05. The molecule has 106 valence electrons. The lowest BCUT2D eigenvalue weighted by atomic mass is 9.66. The molecule has 2 aromatic heterocycles. The zero-order chi connectivity index (χ0) is 14.3. The van der Waals surface area contributed by atoms with E-state index in [4.69, 9.17) is 5.73 Å². The van der Waals surface area contributed by atoms with Crippen LogP contribution < -0.4 is 5.73 Å². The van der Waals surface area contributed by atoms with Crippen LogP contribution in [0.3, 0.4) is 0 Å². The highest BCUT2D eigenvalue weighted by molar-refractivity contribution is 5.81. The Bertz CT molecular complexity index is 671. The highest BCUT2D eigenvalue weighted by Crippen LogP contribution is 2.49. The van der Waals surface area contributed by atoms with E-state index in [1.807, 2.05) is 0 Å². The maximum atomic E-state index is 13.1. The van der Waals surface area contributed by atoms with Crippen LogP contribution in [0.4, 0.5) is 10.2 Å². The van der Waals surface area contributed by atoms with Crippen molar-refractivity contribution in [2.45, 2.75) is 6.04 Å². The van der Waals surface area contributed by atoms with E-state index >= 15 is 0 Å². The molecule has 0 saturated heterocycles. The number of nitrogen functional groups attached to an aromatic ring is 1. The first-order chi connectivity index (χ1) is 9.72. The lowest BCUT2D eigenvalue weighted by molar-refractivity contribution is 0.0510. The third kappa shape index (κ3) is 1.61. The summed E-state index contributed by atoms with van der Waals surface area (Å²) in [5, 5.41) is 18.7. The van der Waals surface area contributed by atoms with Gasteiger partial charge in [-0.15, -0.1) is 0 Å². The van der Waals surface area contributed by atoms with Gasteiger partial charge in [0.1, 0.15) is 11.8 Å². The quantitative estimate of drug-likeness (QED) is 0.731. The molecule has 7 nitrogen and oxygen atoms in total. The summed E-state index contributed by atoms with van der Waals surface area (Å²) in [6.45, 7) is -0.366. The van der Waals surface area contributed by atoms with Crippen molar-refractivity contribution in [1.82, 2.24) is 19.5 Å². The number of rotatable bonds is 3. The largest absolute Gasteiger partial charge is 0.396 e. The molecule has 0 unspecified atom stereocenters. The first-order valence-electron chi connectivity index (χ1n) is 6.17. The summed E-state index contributed by atoms with van der Waals surface area (Å²) in [7, 11) is 0. The second-order valence-electron chi connectivity index (χ2n) is 4.77. The number of imidazole rings is 1. The highest BCUT2D eigenvalue weighted by Gasteiger charge is 2.47. The Morgan fingerprint density at radius 1 is 1.30 bits per heavy atom. The number of hydrogen-bond acceptors (Lipinski definition) is 6. The van der Waals surface area contributed by atoms with E-state index in [0.29, 0.717) is 23.1 Å². The van der Waals surface area contributed by atoms with Crippen LogP contribution in [-0.2, 0) is 0 Å². The average molecular weight is 279 g/mol. The van der Waals surface area contributed by atoms with E-state index in [1.54, 1.807) is 4.57 Å². The smallest absolute Gasteiger partial charge is 0.165 e. The number of aromatic nitrogens is 4. The van der Waals surface area contributed by atoms with Crippen molar-refractivity contribution in [3.05, 3.63) is 24.6 Å². The number of hydrogen-bond donors (Lipinski definition) is 3. The minimum atomic E-state index is -0.415. The molecule has 1 saturated carbocycles. The predicted molar refractivity (Wildman–Crippen MR) is 69.1 cm³/mol. The monoisotopic (exact) mass is 279 g/mol. The molecule has 3 rings (SSSR count). The van der Waals surface area contributed by atoms with Crippen molar-refractivity contribution in [3.63, 3.8) is 0 Å². The van der Waals surface area contributed by atoms with Crippen LogP contribution in [0.15, 0.2) is 24.6 Å². The van der Waals surface area contributed by atoms with Gasteiger partial charge in [-0.2, -0.15) is 0 Å². The van der Waals surface area contributed by atoms with Crippen molar-refractivity contribution >= 4 is 17.0 Å². The molecule has 1 aliphatic carbocycles. The van der Waals surface area contributed by atoms with Crippen molar-refractivity contribution in [1.29, 1.82) is 0 Å². The second-order valence-corrected chi connectivity index (χ2v) is 4.77. The van der Waals surface area contributed by atoms with Gasteiger partial charge in [-0.1, -0.05) is 0 Å². The number of fused-ring (bicyclic) bond motifs is 1. The van der Waals surface area contributed by atoms with Gasteiger partial charge in [-0.25, -0.2) is 19.3 Å². The average Bonchev–Trinajstić information content (AvgIpc) is 2.84. The summed E-state index contributed by atoms with van der Waals surface area (Å²) >= 11 is 0. The van der Waals surface area contributed by atoms with Crippen molar-refractivity contribution in [2.75, 3.05) is 18.9 Å². The third-order valence-electron chi connectivity index (χ3n) is 3.91. The zero-order valence-corrected chi connectivity index (χ0v) is 10.5. The van der Waals surface area contributed by atoms with Gasteiger partial charge in [0.25, 0.3) is 0 Å². The topological polar surface area (TPSA) is 110 Å². The van der Waals surface area contributed by atoms with Crippen LogP contribution in [0.2, 0.25) is 0 Å². The number of halogens is 1. The van der Waals surface area contributed by atoms with Gasteiger partial charge in [0.05, 0.1) is 25.3 Å². The molecule has 0 amide bonds. The Morgan fingerprint density at radius 3 is 2.75 bits per heavy atom. The van der Waals surface area contributed by atoms with Crippen LogP contribution in [0.5, 0.6) is 0 Å². The fourth-order valence-electron chi connectivity index (χ4n) is 2.87. The molecule has 1 fully saturated rings. The van der Waals surface area contributed by atoms with Gasteiger partial charge in [-0.05, 0) is 5.57 Å². The number of nitrogens with two attached hydrogens (primary N) is 1. The van der Waals surface area contributed by atoms with Crippen LogP contribution in [-0.4, -0.2) is 42.9 Å². The molecule has 20 heavy (non-hydrogen) atoms. The fourth-order valence-corrected chi connectivity index (χ4v) is 2.87. The summed E-state index contributed by atoms with van der Waals surface area (Å²) < 4.78 is 14.7. The van der Waals surface area contributed by atoms with Crippen molar-refractivity contribution < 1.29 is 14.6 Å². The Balaban J connectivity index is 2.09. The normalized spacial score (nSPS) is 27.9. The lowest BCUT2D eigenvalue weighted by Crippen LogP contribution is -2.45. The number of aliphatic hydroxyl groups excluding tert-OH is 2. The maximum absolute atomic E-state index is 13.1. The standard InChI is InChI=1S/C12H14FN5O2/c13-1-6-7(2-19)8(3-20)10(6)18-5-17-9-11(14)15-4-16-12(9)18/h1,4-5,7-8,10,19-20H,2-3H2,(H2,14,15,16)/b6-1+/t7-,8+,10+/m0/s1. The molecule has 8 heteroatoms. The molecule has 3 atom stereocenters. The van der Waals surface area contributed by atoms with Gasteiger partial charge in [0.2, 0.25) is 0 Å². The van der Waals surface area contributed by atoms with E-state index in [0.717, 1.165) is 0 Å². The first kappa shape index (κ1) is 12.9. The number of nitrogens with zero attached hydrogens (tertiary/aromatic N) is 4. The second kappa shape index (κ2) is 4.80. The van der Waals surface area contributed by atoms with E-state index in [1.165, 1.54) is 12.7 Å². The van der Waals surface area contributed by atoms with Gasteiger partial charge in [0.15, 0.2) is 11.5 Å². The lowest BCUT2D eigenvalue weighted by Gasteiger charge is -2.45. The SMILES string of the molecule is Nc1ncnc2c1ncn2[C@@H]1/C(=C/F)[C@H](CO)[C@H]1CO. The molecule has 0 bridgehead atoms. The summed E-state index contributed by atoms with van der Waals surface area (Å²) in [6.07, 6.45) is 3.29. The van der Waals surface area contributed by atoms with Gasteiger partial charge >= 0.3 is 0 Å². The minimum Gasteiger partial charge on any atom is -0.396 e. The highest BCUT2D eigenvalue weighted by atomic mass is 19.1. The van der Waals surface area contributed by atoms with Crippen LogP contribution in [0.1, 0.15) is 6.04 Å². The number of anilines is 1. The van der Waals surface area contributed by atoms with Crippen molar-refractivity contribution in [3.8, 4) is 0 Å². The summed E-state index contributed by atoms with van der Waals surface area (Å²) in [4.78, 5) is 12.1. The molecule has 0 radical (unpaired) electrons. The minimum absolute atomic E-state index is 0.159. The Hall–Kier alpha value is -2.06. The molecule has 2 aromatic rings. The van der Waals surface area contributed by atoms with Crippen LogP contribution in [0.25, 0.3) is 11.2 Å². The molecule has 4 N–H and O–H groups in total. The molecule has 0 spiro atoms. The summed E-state index contributed by atoms with van der Waals surface area (Å²) in [5.74, 6) is -0.416. The van der Waals surface area contributed by atoms with E-state index < -0.39 is 6.04 Å². The van der Waals surface area contributed by atoms with E-state index in [9.17, 15) is 14.6 Å². The molecule has 0 aliphatic heterocycles. The molecule has 1 aliphatic rings. The Morgan fingerprint density at radius 2 is 2.10 bits per heavy atom. The number of aliphatic hydroxyl groups is 2. The zero-order valence-electron chi connectivity index (χ0n) is 10.5. The van der Waals surface area contributed by atoms with E-state index in [2.05, 4.69) is 15.0 Å². The predicted octanol–water partition coefficient (Wildman–Crippen LogP) is 0.0336. The van der Waals surface area contributed by atoms with Gasteiger partial charge in [-0.3, -0.25) is 0 Å². The molecule has 2 heterocycles.